The van der Waals surface area contributed by atoms with Crippen molar-refractivity contribution >= 4 is 22.8 Å². The van der Waals surface area contributed by atoms with Gasteiger partial charge in [-0.3, -0.25) is 9.59 Å². The summed E-state index contributed by atoms with van der Waals surface area (Å²) < 4.78 is 0. The Hall–Kier alpha value is -1.29. The topological polar surface area (TPSA) is 60.2 Å². The smallest absolute Gasteiger partial charge is 0.231 e. The van der Waals surface area contributed by atoms with Crippen molar-refractivity contribution in [3.8, 4) is 0 Å². The van der Waals surface area contributed by atoms with Crippen molar-refractivity contribution in [3.05, 3.63) is 35.9 Å². The first kappa shape index (κ1) is 11.8. The van der Waals surface area contributed by atoms with Crippen molar-refractivity contribution in [2.24, 2.45) is 5.73 Å². The molecule has 1 amide bonds. The molecule has 1 aromatic carbocycles. The molecule has 0 aliphatic carbocycles. The van der Waals surface area contributed by atoms with E-state index in [4.69, 9.17) is 5.73 Å². The molecule has 2 N–H and O–H groups in total. The highest BCUT2D eigenvalue weighted by atomic mass is 32.2. The van der Waals surface area contributed by atoms with Crippen LogP contribution in [-0.2, 0) is 16.0 Å². The molecule has 0 radical (unpaired) electrons. The lowest BCUT2D eigenvalue weighted by molar-refractivity contribution is -0.118. The van der Waals surface area contributed by atoms with Crippen molar-refractivity contribution in [1.29, 1.82) is 0 Å². The number of thioether (sulfide) groups is 1. The molecular weight excluding hydrogens is 210 g/mol. The number of carbonyl (C=O) groups excluding carboxylic acids is 2. The summed E-state index contributed by atoms with van der Waals surface area (Å²) in [4.78, 5) is 22.0. The molecule has 0 saturated carbocycles. The molecule has 0 bridgehead atoms. The van der Waals surface area contributed by atoms with Gasteiger partial charge >= 0.3 is 0 Å². The lowest BCUT2D eigenvalue weighted by atomic mass is 10.1. The zero-order valence-electron chi connectivity index (χ0n) is 8.47. The second-order valence-corrected chi connectivity index (χ2v) is 4.57. The molecule has 0 fully saturated rings. The molecule has 0 unspecified atom stereocenters. The van der Waals surface area contributed by atoms with Crippen LogP contribution < -0.4 is 5.73 Å². The maximum absolute atomic E-state index is 11.1. The quantitative estimate of drug-likeness (QED) is 0.838. The van der Waals surface area contributed by atoms with Gasteiger partial charge in [-0.05, 0) is 12.0 Å². The Labute approximate surface area is 93.0 Å². The SMILES string of the molecule is CC(=O)S[C@@H](Cc1ccccc1)C(N)=O. The number of amides is 1. The monoisotopic (exact) mass is 223 g/mol. The predicted molar refractivity (Wildman–Crippen MR) is 61.4 cm³/mol. The summed E-state index contributed by atoms with van der Waals surface area (Å²) in [7, 11) is 0. The predicted octanol–water partition coefficient (Wildman–Crippen LogP) is 1.36. The minimum Gasteiger partial charge on any atom is -0.369 e. The molecule has 1 rings (SSSR count). The summed E-state index contributed by atoms with van der Waals surface area (Å²) in [5.74, 6) is -0.445. The number of benzene rings is 1. The number of rotatable bonds is 4. The standard InChI is InChI=1S/C11H13NO2S/c1-8(13)15-10(11(12)14)7-9-5-3-2-4-6-9/h2-6,10H,7H2,1H3,(H2,12,14)/t10-/m0/s1. The molecule has 0 aromatic heterocycles. The van der Waals surface area contributed by atoms with Gasteiger partial charge in [-0.2, -0.15) is 0 Å². The van der Waals surface area contributed by atoms with Crippen molar-refractivity contribution in [3.63, 3.8) is 0 Å². The zero-order valence-corrected chi connectivity index (χ0v) is 9.29. The highest BCUT2D eigenvalue weighted by Crippen LogP contribution is 2.16. The summed E-state index contributed by atoms with van der Waals surface area (Å²) in [6.07, 6.45) is 0.500. The Balaban J connectivity index is 2.67. The largest absolute Gasteiger partial charge is 0.369 e. The van der Waals surface area contributed by atoms with Crippen LogP contribution in [0.5, 0.6) is 0 Å². The summed E-state index contributed by atoms with van der Waals surface area (Å²) in [6.45, 7) is 1.44. The van der Waals surface area contributed by atoms with Crippen LogP contribution in [0.1, 0.15) is 12.5 Å². The number of hydrogen-bond donors (Lipinski definition) is 1. The minimum absolute atomic E-state index is 0.0882. The van der Waals surface area contributed by atoms with E-state index in [1.165, 1.54) is 6.92 Å². The number of hydrogen-bond acceptors (Lipinski definition) is 3. The highest BCUT2D eigenvalue weighted by molar-refractivity contribution is 8.14. The average molecular weight is 223 g/mol. The van der Waals surface area contributed by atoms with E-state index in [9.17, 15) is 9.59 Å². The zero-order chi connectivity index (χ0) is 11.3. The van der Waals surface area contributed by atoms with E-state index in [-0.39, 0.29) is 5.12 Å². The lowest BCUT2D eigenvalue weighted by Gasteiger charge is -2.10. The van der Waals surface area contributed by atoms with Crippen LogP contribution in [0.25, 0.3) is 0 Å². The fourth-order valence-corrected chi connectivity index (χ4v) is 2.02. The van der Waals surface area contributed by atoms with E-state index in [2.05, 4.69) is 0 Å². The van der Waals surface area contributed by atoms with Gasteiger partial charge in [0.05, 0.1) is 5.25 Å². The average Bonchev–Trinajstić information content (AvgIpc) is 2.17. The van der Waals surface area contributed by atoms with E-state index >= 15 is 0 Å². The van der Waals surface area contributed by atoms with Gasteiger partial charge in [-0.1, -0.05) is 42.1 Å². The Bertz CT molecular complexity index is 351. The molecule has 15 heavy (non-hydrogen) atoms. The maximum atomic E-state index is 11.1. The molecule has 3 nitrogen and oxygen atoms in total. The summed E-state index contributed by atoms with van der Waals surface area (Å²) in [5.41, 5.74) is 6.23. The first-order valence-electron chi connectivity index (χ1n) is 4.60. The number of primary amides is 1. The van der Waals surface area contributed by atoms with E-state index in [1.54, 1.807) is 0 Å². The van der Waals surface area contributed by atoms with Crippen LogP contribution in [0.4, 0.5) is 0 Å². The first-order chi connectivity index (χ1) is 7.09. The van der Waals surface area contributed by atoms with Gasteiger partial charge in [0.1, 0.15) is 0 Å². The van der Waals surface area contributed by atoms with Crippen molar-refractivity contribution < 1.29 is 9.59 Å². The molecule has 0 heterocycles. The third kappa shape index (κ3) is 4.16. The molecule has 80 valence electrons. The molecule has 1 atom stereocenters. The normalized spacial score (nSPS) is 12.1. The van der Waals surface area contributed by atoms with Gasteiger partial charge in [0.25, 0.3) is 0 Å². The van der Waals surface area contributed by atoms with Crippen molar-refractivity contribution in [2.75, 3.05) is 0 Å². The van der Waals surface area contributed by atoms with Gasteiger partial charge in [-0.15, -0.1) is 0 Å². The second kappa shape index (κ2) is 5.56. The molecule has 0 aliphatic rings. The lowest BCUT2D eigenvalue weighted by Crippen LogP contribution is -2.28. The molecule has 4 heteroatoms. The summed E-state index contributed by atoms with van der Waals surface area (Å²) in [5, 5.41) is -0.556. The molecule has 1 aromatic rings. The van der Waals surface area contributed by atoms with Crippen LogP contribution in [0, 0.1) is 0 Å². The molecule has 0 spiro atoms. The van der Waals surface area contributed by atoms with Gasteiger partial charge in [0.15, 0.2) is 5.12 Å². The van der Waals surface area contributed by atoms with E-state index in [0.717, 1.165) is 17.3 Å². The van der Waals surface area contributed by atoms with Crippen LogP contribution >= 0.6 is 11.8 Å². The van der Waals surface area contributed by atoms with Gasteiger partial charge in [0, 0.05) is 6.92 Å². The van der Waals surface area contributed by atoms with Gasteiger partial charge in [0.2, 0.25) is 5.91 Å². The molecule has 0 saturated heterocycles. The Morgan fingerprint density at radius 1 is 1.33 bits per heavy atom. The van der Waals surface area contributed by atoms with Crippen LogP contribution in [-0.4, -0.2) is 16.3 Å². The highest BCUT2D eigenvalue weighted by Gasteiger charge is 2.18. The second-order valence-electron chi connectivity index (χ2n) is 3.19. The van der Waals surface area contributed by atoms with Gasteiger partial charge in [-0.25, -0.2) is 0 Å². The van der Waals surface area contributed by atoms with Crippen molar-refractivity contribution in [1.82, 2.24) is 0 Å². The fourth-order valence-electron chi connectivity index (χ4n) is 1.23. The Kier molecular flexibility index (Phi) is 4.37. The first-order valence-corrected chi connectivity index (χ1v) is 5.48. The number of carbonyl (C=O) groups is 2. The van der Waals surface area contributed by atoms with E-state index in [1.807, 2.05) is 30.3 Å². The Morgan fingerprint density at radius 2 is 1.93 bits per heavy atom. The van der Waals surface area contributed by atoms with E-state index in [0.29, 0.717) is 6.42 Å². The molecule has 0 aliphatic heterocycles. The van der Waals surface area contributed by atoms with Crippen LogP contribution in [0.2, 0.25) is 0 Å². The Morgan fingerprint density at radius 3 is 2.40 bits per heavy atom. The fraction of sp³-hybridized carbons (Fsp3) is 0.273. The minimum atomic E-state index is -0.468. The van der Waals surface area contributed by atoms with Crippen molar-refractivity contribution in [2.45, 2.75) is 18.6 Å². The third-order valence-electron chi connectivity index (χ3n) is 1.89. The van der Waals surface area contributed by atoms with Crippen LogP contribution in [0.3, 0.4) is 0 Å². The van der Waals surface area contributed by atoms with Gasteiger partial charge < -0.3 is 5.73 Å². The summed E-state index contributed by atoms with van der Waals surface area (Å²) >= 11 is 0.989. The van der Waals surface area contributed by atoms with Crippen LogP contribution in [0.15, 0.2) is 30.3 Å². The summed E-state index contributed by atoms with van der Waals surface area (Å²) in [6, 6.07) is 9.52. The molecular formula is C11H13NO2S. The maximum Gasteiger partial charge on any atom is 0.231 e. The number of nitrogens with two attached hydrogens (primary N) is 1. The van der Waals surface area contributed by atoms with E-state index < -0.39 is 11.2 Å². The third-order valence-corrected chi connectivity index (χ3v) is 2.90.